The molecular weight excluding hydrogens is 157 g/mol. The molecule has 0 bridgehead atoms. The third-order valence-electron chi connectivity index (χ3n) is 2.32. The molecule has 1 rings (SSSR count). The van der Waals surface area contributed by atoms with E-state index < -0.39 is 12.3 Å². The highest BCUT2D eigenvalue weighted by Crippen LogP contribution is 2.32. The maximum absolute atomic E-state index is 12.1. The fourth-order valence-corrected chi connectivity index (χ4v) is 1.51. The van der Waals surface area contributed by atoms with Crippen molar-refractivity contribution in [1.29, 1.82) is 0 Å². The second kappa shape index (κ2) is 3.71. The number of halogens is 1. The van der Waals surface area contributed by atoms with Gasteiger partial charge in [-0.15, -0.1) is 0 Å². The van der Waals surface area contributed by atoms with Gasteiger partial charge in [0, 0.05) is 6.04 Å². The average Bonchev–Trinajstić information content (AvgIpc) is 1.95. The van der Waals surface area contributed by atoms with E-state index in [0.717, 1.165) is 6.54 Å². The third kappa shape index (κ3) is 2.42. The summed E-state index contributed by atoms with van der Waals surface area (Å²) in [5.74, 6) is 0.615. The summed E-state index contributed by atoms with van der Waals surface area (Å²) in [4.78, 5) is 0. The number of nitrogens with one attached hydrogen (secondary N) is 1. The molecule has 1 saturated carbocycles. The van der Waals surface area contributed by atoms with Gasteiger partial charge in [-0.25, -0.2) is 4.39 Å². The Hall–Kier alpha value is -0.150. The van der Waals surface area contributed by atoms with Crippen molar-refractivity contribution in [3.63, 3.8) is 0 Å². The second-order valence-electron chi connectivity index (χ2n) is 4.27. The molecular formula is C9H18FNO. The first kappa shape index (κ1) is 9.93. The topological polar surface area (TPSA) is 32.3 Å². The fraction of sp³-hybridized carbons (Fsp3) is 1.00. The highest BCUT2D eigenvalue weighted by atomic mass is 19.1. The van der Waals surface area contributed by atoms with Crippen LogP contribution in [0.5, 0.6) is 0 Å². The number of alkyl halides is 1. The molecule has 0 aromatic heterocycles. The minimum absolute atomic E-state index is 0.327. The van der Waals surface area contributed by atoms with E-state index in [9.17, 15) is 9.50 Å². The highest BCUT2D eigenvalue weighted by Gasteiger charge is 2.42. The molecule has 72 valence electrons. The Balaban J connectivity index is 2.09. The zero-order valence-electron chi connectivity index (χ0n) is 7.81. The molecule has 3 heteroatoms. The number of hydrogen-bond acceptors (Lipinski definition) is 2. The van der Waals surface area contributed by atoms with Crippen LogP contribution in [0, 0.1) is 5.92 Å². The zero-order chi connectivity index (χ0) is 9.19. The molecule has 0 heterocycles. The van der Waals surface area contributed by atoms with Crippen molar-refractivity contribution in [2.24, 2.45) is 5.92 Å². The Labute approximate surface area is 73.2 Å². The van der Waals surface area contributed by atoms with Gasteiger partial charge < -0.3 is 10.4 Å². The van der Waals surface area contributed by atoms with E-state index in [0.29, 0.717) is 24.8 Å². The van der Waals surface area contributed by atoms with Crippen LogP contribution < -0.4 is 5.32 Å². The summed E-state index contributed by atoms with van der Waals surface area (Å²) < 4.78 is 12.1. The molecule has 1 aliphatic carbocycles. The second-order valence-corrected chi connectivity index (χ2v) is 4.27. The van der Waals surface area contributed by atoms with E-state index in [4.69, 9.17) is 0 Å². The monoisotopic (exact) mass is 175 g/mol. The van der Waals surface area contributed by atoms with Crippen molar-refractivity contribution < 1.29 is 9.50 Å². The first-order chi connectivity index (χ1) is 5.56. The van der Waals surface area contributed by atoms with Gasteiger partial charge in [0.2, 0.25) is 0 Å². The van der Waals surface area contributed by atoms with Crippen LogP contribution in [0.15, 0.2) is 0 Å². The molecule has 0 radical (unpaired) electrons. The van der Waals surface area contributed by atoms with Crippen molar-refractivity contribution >= 4 is 0 Å². The summed E-state index contributed by atoms with van der Waals surface area (Å²) in [5.41, 5.74) is -1.01. The predicted molar refractivity (Wildman–Crippen MR) is 46.8 cm³/mol. The Morgan fingerprint density at radius 1 is 1.58 bits per heavy atom. The predicted octanol–water partition coefficient (Wildman–Crippen LogP) is 1.09. The molecule has 0 aromatic carbocycles. The van der Waals surface area contributed by atoms with Crippen LogP contribution >= 0.6 is 0 Å². The van der Waals surface area contributed by atoms with Gasteiger partial charge in [-0.3, -0.25) is 0 Å². The van der Waals surface area contributed by atoms with Crippen LogP contribution in [0.3, 0.4) is 0 Å². The van der Waals surface area contributed by atoms with Gasteiger partial charge in [0.05, 0.1) is 5.60 Å². The van der Waals surface area contributed by atoms with E-state index in [2.05, 4.69) is 19.2 Å². The first-order valence-electron chi connectivity index (χ1n) is 4.57. The van der Waals surface area contributed by atoms with Crippen molar-refractivity contribution in [2.45, 2.75) is 38.3 Å². The Bertz CT molecular complexity index is 143. The van der Waals surface area contributed by atoms with E-state index in [1.807, 2.05) is 0 Å². The summed E-state index contributed by atoms with van der Waals surface area (Å²) in [6.45, 7) is 4.61. The van der Waals surface area contributed by atoms with Gasteiger partial charge >= 0.3 is 0 Å². The van der Waals surface area contributed by atoms with E-state index in [1.54, 1.807) is 0 Å². The SMILES string of the molecule is CC(C)CNC1CC(O)(CF)C1. The van der Waals surface area contributed by atoms with E-state index >= 15 is 0 Å². The van der Waals surface area contributed by atoms with Crippen LogP contribution in [-0.2, 0) is 0 Å². The number of hydrogen-bond donors (Lipinski definition) is 2. The van der Waals surface area contributed by atoms with Crippen molar-refractivity contribution in [3.05, 3.63) is 0 Å². The number of aliphatic hydroxyl groups is 1. The minimum atomic E-state index is -1.01. The maximum Gasteiger partial charge on any atom is 0.118 e. The van der Waals surface area contributed by atoms with Gasteiger partial charge in [-0.1, -0.05) is 13.8 Å². The van der Waals surface area contributed by atoms with Crippen LogP contribution in [0.4, 0.5) is 4.39 Å². The van der Waals surface area contributed by atoms with Gasteiger partial charge in [-0.05, 0) is 25.3 Å². The van der Waals surface area contributed by atoms with Gasteiger partial charge in [-0.2, -0.15) is 0 Å². The highest BCUT2D eigenvalue weighted by molar-refractivity contribution is 4.97. The largest absolute Gasteiger partial charge is 0.387 e. The van der Waals surface area contributed by atoms with Gasteiger partial charge in [0.15, 0.2) is 0 Å². The molecule has 0 atom stereocenters. The van der Waals surface area contributed by atoms with Crippen molar-refractivity contribution in [3.8, 4) is 0 Å². The zero-order valence-corrected chi connectivity index (χ0v) is 7.81. The van der Waals surface area contributed by atoms with Crippen LogP contribution in [-0.4, -0.2) is 30.0 Å². The molecule has 0 unspecified atom stereocenters. The standard InChI is InChI=1S/C9H18FNO/c1-7(2)5-11-8-3-9(12,4-8)6-10/h7-8,11-12H,3-6H2,1-2H3. The average molecular weight is 175 g/mol. The Morgan fingerprint density at radius 2 is 2.17 bits per heavy atom. The van der Waals surface area contributed by atoms with Crippen LogP contribution in [0.25, 0.3) is 0 Å². The fourth-order valence-electron chi connectivity index (χ4n) is 1.51. The maximum atomic E-state index is 12.1. The summed E-state index contributed by atoms with van der Waals surface area (Å²) in [6.07, 6.45) is 1.13. The van der Waals surface area contributed by atoms with Crippen molar-refractivity contribution in [1.82, 2.24) is 5.32 Å². The Kier molecular flexibility index (Phi) is 3.07. The van der Waals surface area contributed by atoms with Crippen LogP contribution in [0.1, 0.15) is 26.7 Å². The molecule has 1 fully saturated rings. The molecule has 0 spiro atoms. The smallest absolute Gasteiger partial charge is 0.118 e. The lowest BCUT2D eigenvalue weighted by Gasteiger charge is -2.42. The molecule has 0 saturated heterocycles. The van der Waals surface area contributed by atoms with E-state index in [1.165, 1.54) is 0 Å². The van der Waals surface area contributed by atoms with Gasteiger partial charge in [0.25, 0.3) is 0 Å². The summed E-state index contributed by atoms with van der Waals surface area (Å²) in [7, 11) is 0. The molecule has 2 N–H and O–H groups in total. The van der Waals surface area contributed by atoms with E-state index in [-0.39, 0.29) is 0 Å². The molecule has 1 aliphatic rings. The molecule has 0 aromatic rings. The Morgan fingerprint density at radius 3 is 2.58 bits per heavy atom. The lowest BCUT2D eigenvalue weighted by atomic mass is 9.76. The lowest BCUT2D eigenvalue weighted by molar-refractivity contribution is -0.0722. The first-order valence-corrected chi connectivity index (χ1v) is 4.57. The summed E-state index contributed by atoms with van der Waals surface area (Å²) in [5, 5.41) is 12.6. The third-order valence-corrected chi connectivity index (χ3v) is 2.32. The summed E-state index contributed by atoms with van der Waals surface area (Å²) in [6, 6.07) is 0.327. The number of rotatable bonds is 4. The molecule has 0 aliphatic heterocycles. The molecule has 2 nitrogen and oxygen atoms in total. The summed E-state index contributed by atoms with van der Waals surface area (Å²) >= 11 is 0. The molecule has 12 heavy (non-hydrogen) atoms. The normalized spacial score (nSPS) is 35.2. The lowest BCUT2D eigenvalue weighted by Crippen LogP contribution is -2.55. The van der Waals surface area contributed by atoms with Crippen molar-refractivity contribution in [2.75, 3.05) is 13.2 Å². The minimum Gasteiger partial charge on any atom is -0.387 e. The quantitative estimate of drug-likeness (QED) is 0.670. The van der Waals surface area contributed by atoms with Gasteiger partial charge in [0.1, 0.15) is 6.67 Å². The van der Waals surface area contributed by atoms with Crippen LogP contribution in [0.2, 0.25) is 0 Å². The molecule has 0 amide bonds.